The molecule has 0 bridgehead atoms. The van der Waals surface area contributed by atoms with Crippen molar-refractivity contribution in [2.24, 2.45) is 11.8 Å². The number of anilines is 1. The minimum absolute atomic E-state index is 0.0268. The fraction of sp³-hybridized carbons (Fsp3) is 0.615. The van der Waals surface area contributed by atoms with Gasteiger partial charge in [0.05, 0.1) is 31.2 Å². The van der Waals surface area contributed by atoms with E-state index in [0.717, 1.165) is 43.4 Å². The average molecular weight is 483 g/mol. The van der Waals surface area contributed by atoms with Crippen LogP contribution >= 0.6 is 0 Å². The lowest BCUT2D eigenvalue weighted by molar-refractivity contribution is -0.121. The number of methoxy groups -OCH3 is 1. The van der Waals surface area contributed by atoms with Crippen LogP contribution in [0.3, 0.4) is 0 Å². The summed E-state index contributed by atoms with van der Waals surface area (Å²) < 4.78 is 5.12. The summed E-state index contributed by atoms with van der Waals surface area (Å²) >= 11 is 0. The van der Waals surface area contributed by atoms with Gasteiger partial charge < -0.3 is 20.7 Å². The van der Waals surface area contributed by atoms with Gasteiger partial charge in [0.2, 0.25) is 11.8 Å². The average Bonchev–Trinajstić information content (AvgIpc) is 3.74. The monoisotopic (exact) mass is 482 g/mol. The summed E-state index contributed by atoms with van der Waals surface area (Å²) in [4.78, 5) is 34.5. The van der Waals surface area contributed by atoms with Crippen LogP contribution < -0.4 is 26.0 Å². The molecule has 35 heavy (non-hydrogen) atoms. The number of hydrogen-bond donors (Lipinski definition) is 4. The number of aryl methyl sites for hydroxylation is 1. The van der Waals surface area contributed by atoms with E-state index < -0.39 is 0 Å². The molecular weight excluding hydrogens is 444 g/mol. The Morgan fingerprint density at radius 3 is 2.57 bits per heavy atom. The predicted octanol–water partition coefficient (Wildman–Crippen LogP) is 2.95. The van der Waals surface area contributed by atoms with Gasteiger partial charge in [-0.05, 0) is 77.2 Å². The highest BCUT2D eigenvalue weighted by molar-refractivity contribution is 5.99. The lowest BCUT2D eigenvalue weighted by Crippen LogP contribution is -2.38. The highest BCUT2D eigenvalue weighted by atomic mass is 16.5. The van der Waals surface area contributed by atoms with Crippen molar-refractivity contribution < 1.29 is 14.3 Å². The Kier molecular flexibility index (Phi) is 8.05. The molecule has 2 amide bonds. The van der Waals surface area contributed by atoms with E-state index in [1.165, 1.54) is 18.4 Å². The maximum absolute atomic E-state index is 13.3. The number of amides is 2. The van der Waals surface area contributed by atoms with Gasteiger partial charge in [0.15, 0.2) is 0 Å². The van der Waals surface area contributed by atoms with Crippen molar-refractivity contribution in [2.75, 3.05) is 25.6 Å². The Morgan fingerprint density at radius 2 is 1.91 bits per heavy atom. The predicted molar refractivity (Wildman–Crippen MR) is 135 cm³/mol. The third-order valence-corrected chi connectivity index (χ3v) is 7.02. The van der Waals surface area contributed by atoms with Gasteiger partial charge in [-0.25, -0.2) is 9.97 Å². The van der Waals surface area contributed by atoms with Gasteiger partial charge in [-0.15, -0.1) is 0 Å². The minimum Gasteiger partial charge on any atom is -0.480 e. The molecule has 0 radical (unpaired) electrons. The topological polar surface area (TPSA) is 117 Å². The molecule has 0 unspecified atom stereocenters. The first-order valence-electron chi connectivity index (χ1n) is 12.7. The van der Waals surface area contributed by atoms with E-state index in [0.29, 0.717) is 42.1 Å². The number of allylic oxidation sites excluding steroid dienone is 2. The molecule has 2 fully saturated rings. The van der Waals surface area contributed by atoms with Crippen LogP contribution in [0.15, 0.2) is 28.6 Å². The Bertz CT molecular complexity index is 1030. The summed E-state index contributed by atoms with van der Waals surface area (Å²) in [7, 11) is 1.57. The van der Waals surface area contributed by atoms with Crippen molar-refractivity contribution in [1.29, 1.82) is 0 Å². The van der Waals surface area contributed by atoms with Gasteiger partial charge in [0.1, 0.15) is 5.82 Å². The fourth-order valence-electron chi connectivity index (χ4n) is 4.44. The van der Waals surface area contributed by atoms with E-state index in [9.17, 15) is 9.59 Å². The first-order chi connectivity index (χ1) is 16.9. The maximum Gasteiger partial charge on any atom is 0.253 e. The normalized spacial score (nSPS) is 20.7. The molecule has 9 heteroatoms. The summed E-state index contributed by atoms with van der Waals surface area (Å²) in [6, 6.07) is 0.200. The van der Waals surface area contributed by atoms with Gasteiger partial charge in [0, 0.05) is 24.2 Å². The highest BCUT2D eigenvalue weighted by Crippen LogP contribution is 2.33. The van der Waals surface area contributed by atoms with E-state index >= 15 is 0 Å². The van der Waals surface area contributed by atoms with Crippen molar-refractivity contribution in [1.82, 2.24) is 25.9 Å². The second-order valence-electron chi connectivity index (χ2n) is 10.0. The summed E-state index contributed by atoms with van der Waals surface area (Å²) in [6.07, 6.45) is 8.42. The molecule has 2 saturated carbocycles. The van der Waals surface area contributed by atoms with E-state index in [4.69, 9.17) is 4.74 Å². The second kappa shape index (κ2) is 11.2. The zero-order valence-corrected chi connectivity index (χ0v) is 21.3. The van der Waals surface area contributed by atoms with Crippen LogP contribution in [0.5, 0.6) is 5.88 Å². The third kappa shape index (κ3) is 6.81. The molecule has 3 aliphatic rings. The Hall–Kier alpha value is -2.94. The van der Waals surface area contributed by atoms with Gasteiger partial charge in [-0.3, -0.25) is 14.9 Å². The molecule has 0 spiro atoms. The molecule has 1 aromatic rings. The van der Waals surface area contributed by atoms with Crippen LogP contribution in [0, 0.1) is 18.8 Å². The number of nitrogens with zero attached hydrogens (tertiary/aromatic N) is 2. The van der Waals surface area contributed by atoms with Gasteiger partial charge in [0.25, 0.3) is 5.91 Å². The molecule has 0 saturated heterocycles. The van der Waals surface area contributed by atoms with Crippen LogP contribution in [0.4, 0.5) is 5.82 Å². The van der Waals surface area contributed by atoms with Crippen LogP contribution in [0.2, 0.25) is 0 Å². The number of carbonyl (C=O) groups excluding carboxylic acids is 2. The van der Waals surface area contributed by atoms with Crippen molar-refractivity contribution in [3.05, 3.63) is 34.3 Å². The number of aromatic nitrogens is 2. The molecular formula is C26H38N6O3. The van der Waals surface area contributed by atoms with Crippen molar-refractivity contribution in [3.63, 3.8) is 0 Å². The van der Waals surface area contributed by atoms with E-state index in [2.05, 4.69) is 38.2 Å². The molecule has 190 valence electrons. The van der Waals surface area contributed by atoms with E-state index in [1.54, 1.807) is 13.3 Å². The van der Waals surface area contributed by atoms with Crippen molar-refractivity contribution in [2.45, 2.75) is 71.8 Å². The first-order valence-corrected chi connectivity index (χ1v) is 12.7. The van der Waals surface area contributed by atoms with Crippen molar-refractivity contribution >= 4 is 17.6 Å². The minimum atomic E-state index is -0.0808. The summed E-state index contributed by atoms with van der Waals surface area (Å²) in [5.74, 6) is 1.82. The number of ether oxygens (including phenoxy) is 1. The third-order valence-electron chi connectivity index (χ3n) is 7.02. The fourth-order valence-corrected chi connectivity index (χ4v) is 4.44. The van der Waals surface area contributed by atoms with Crippen LogP contribution in [0.1, 0.15) is 64.5 Å². The molecule has 1 heterocycles. The standard InChI is InChI=1S/C26H38N6O3/c1-15-5-10-20(29-14-30-24-17(3)31-22(35-4)13-27-24)11-21(15)23(26(34)28-12-18-6-7-18)16(2)32-25(33)19-8-9-19/h13,18-20,29H,5-12,14H2,1-4H3,(H,27,30)(H,28,34)(H,32,33)/b23-16-/t20-/m0/s1. The maximum atomic E-state index is 13.3. The van der Waals surface area contributed by atoms with Gasteiger partial charge in [-0.2, -0.15) is 0 Å². The van der Waals surface area contributed by atoms with Gasteiger partial charge >= 0.3 is 0 Å². The van der Waals surface area contributed by atoms with Gasteiger partial charge in [-0.1, -0.05) is 5.57 Å². The summed E-state index contributed by atoms with van der Waals surface area (Å²) in [5.41, 5.74) is 4.31. The Morgan fingerprint density at radius 1 is 1.14 bits per heavy atom. The summed E-state index contributed by atoms with van der Waals surface area (Å²) in [6.45, 7) is 7.08. The molecule has 4 N–H and O–H groups in total. The largest absolute Gasteiger partial charge is 0.480 e. The molecule has 1 aromatic heterocycles. The molecule has 1 atom stereocenters. The number of nitrogens with one attached hydrogen (secondary N) is 4. The van der Waals surface area contributed by atoms with E-state index in [1.807, 2.05) is 13.8 Å². The SMILES string of the molecule is COc1cnc(NCN[C@H]2CCC(C)=C(/C(C(=O)NCC3CC3)=C(\C)NC(=O)C3CC3)C2)c(C)n1. The van der Waals surface area contributed by atoms with Crippen LogP contribution in [0.25, 0.3) is 0 Å². The highest BCUT2D eigenvalue weighted by Gasteiger charge is 2.32. The molecule has 0 aliphatic heterocycles. The van der Waals surface area contributed by atoms with Crippen LogP contribution in [-0.2, 0) is 9.59 Å². The first kappa shape index (κ1) is 25.2. The zero-order chi connectivity index (χ0) is 24.9. The zero-order valence-electron chi connectivity index (χ0n) is 21.3. The van der Waals surface area contributed by atoms with Crippen LogP contribution in [-0.4, -0.2) is 48.1 Å². The number of carbonyl (C=O) groups is 2. The lowest BCUT2D eigenvalue weighted by atomic mass is 9.84. The summed E-state index contributed by atoms with van der Waals surface area (Å²) in [5, 5.41) is 13.0. The van der Waals surface area contributed by atoms with Crippen molar-refractivity contribution in [3.8, 4) is 5.88 Å². The molecule has 3 aliphatic carbocycles. The molecule has 0 aromatic carbocycles. The Labute approximate surface area is 207 Å². The quantitative estimate of drug-likeness (QED) is 0.283. The van der Waals surface area contributed by atoms with E-state index in [-0.39, 0.29) is 23.8 Å². The number of hydrogen-bond acceptors (Lipinski definition) is 7. The molecule has 9 nitrogen and oxygen atoms in total. The lowest BCUT2D eigenvalue weighted by Gasteiger charge is -2.29. The molecule has 4 rings (SSSR count). The Balaban J connectivity index is 1.43. The smallest absolute Gasteiger partial charge is 0.253 e. The second-order valence-corrected chi connectivity index (χ2v) is 10.0. The number of rotatable bonds is 11.